The zero-order valence-corrected chi connectivity index (χ0v) is 18.2. The summed E-state index contributed by atoms with van der Waals surface area (Å²) in [4.78, 5) is 23.2. The number of carbonyl (C=O) groups is 1. The van der Waals surface area contributed by atoms with Gasteiger partial charge in [-0.2, -0.15) is 0 Å². The van der Waals surface area contributed by atoms with Crippen LogP contribution in [0.2, 0.25) is 0 Å². The summed E-state index contributed by atoms with van der Waals surface area (Å²) >= 11 is 0. The first kappa shape index (κ1) is 22.0. The maximum absolute atomic E-state index is 12.4. The molecule has 1 fully saturated rings. The second kappa shape index (κ2) is 10.9. The number of rotatable bonds is 9. The molecule has 162 valence electrons. The number of nitrogens with zero attached hydrogens (tertiary/aromatic N) is 3. The van der Waals surface area contributed by atoms with E-state index in [1.807, 2.05) is 32.0 Å². The van der Waals surface area contributed by atoms with E-state index in [9.17, 15) is 4.79 Å². The summed E-state index contributed by atoms with van der Waals surface area (Å²) in [6.45, 7) is 9.73. The Kier molecular flexibility index (Phi) is 8.02. The summed E-state index contributed by atoms with van der Waals surface area (Å²) in [7, 11) is 0. The number of amides is 1. The van der Waals surface area contributed by atoms with E-state index in [2.05, 4.69) is 33.2 Å². The van der Waals surface area contributed by atoms with Gasteiger partial charge in [0.2, 0.25) is 11.8 Å². The molecule has 7 heteroatoms. The lowest BCUT2D eigenvalue weighted by Crippen LogP contribution is -2.41. The van der Waals surface area contributed by atoms with Crippen molar-refractivity contribution in [1.82, 2.24) is 15.3 Å². The molecule has 1 aromatic carbocycles. The standard InChI is InChI=1S/C23H32N4O3/c1-4-29-14-6-11-24-23(28)19-9-12-27(13-10-19)21-15-22(26-16-25-21)30-20-8-5-7-17(2)18(20)3/h5,7-8,15-16,19H,4,6,9-14H2,1-3H3,(H,24,28). The Morgan fingerprint density at radius 2 is 2.03 bits per heavy atom. The van der Waals surface area contributed by atoms with Crippen LogP contribution in [0.15, 0.2) is 30.6 Å². The first-order chi connectivity index (χ1) is 14.6. The average Bonchev–Trinajstić information content (AvgIpc) is 2.77. The van der Waals surface area contributed by atoms with Crippen LogP contribution in [0.3, 0.4) is 0 Å². The SMILES string of the molecule is CCOCCCNC(=O)C1CCN(c2cc(Oc3cccc(C)c3C)ncn2)CC1. The lowest BCUT2D eigenvalue weighted by Gasteiger charge is -2.32. The molecule has 1 amide bonds. The second-order valence-electron chi connectivity index (χ2n) is 7.62. The fourth-order valence-corrected chi connectivity index (χ4v) is 3.55. The van der Waals surface area contributed by atoms with E-state index in [-0.39, 0.29) is 11.8 Å². The van der Waals surface area contributed by atoms with Crippen molar-refractivity contribution >= 4 is 11.7 Å². The third-order valence-electron chi connectivity index (χ3n) is 5.56. The van der Waals surface area contributed by atoms with E-state index in [0.29, 0.717) is 25.6 Å². The van der Waals surface area contributed by atoms with Crippen molar-refractivity contribution in [2.24, 2.45) is 5.92 Å². The number of hydrogen-bond acceptors (Lipinski definition) is 6. The molecular weight excluding hydrogens is 380 g/mol. The van der Waals surface area contributed by atoms with E-state index in [0.717, 1.165) is 49.5 Å². The molecule has 1 saturated heterocycles. The summed E-state index contributed by atoms with van der Waals surface area (Å²) in [6, 6.07) is 7.86. The molecule has 7 nitrogen and oxygen atoms in total. The van der Waals surface area contributed by atoms with Gasteiger partial charge in [-0.15, -0.1) is 0 Å². The molecule has 1 aliphatic heterocycles. The van der Waals surface area contributed by atoms with Crippen molar-refractivity contribution in [2.75, 3.05) is 37.7 Å². The van der Waals surface area contributed by atoms with Gasteiger partial charge >= 0.3 is 0 Å². The van der Waals surface area contributed by atoms with Gasteiger partial charge < -0.3 is 19.7 Å². The van der Waals surface area contributed by atoms with Crippen molar-refractivity contribution < 1.29 is 14.3 Å². The molecule has 1 aromatic heterocycles. The number of benzene rings is 1. The smallest absolute Gasteiger partial charge is 0.224 e. The molecule has 3 rings (SSSR count). The van der Waals surface area contributed by atoms with Gasteiger partial charge in [0.1, 0.15) is 17.9 Å². The maximum atomic E-state index is 12.4. The molecule has 2 heterocycles. The lowest BCUT2D eigenvalue weighted by molar-refractivity contribution is -0.125. The Hall–Kier alpha value is -2.67. The Morgan fingerprint density at radius 1 is 1.23 bits per heavy atom. The summed E-state index contributed by atoms with van der Waals surface area (Å²) in [5.74, 6) is 2.37. The number of ether oxygens (including phenoxy) is 2. The topological polar surface area (TPSA) is 76.6 Å². The zero-order valence-electron chi connectivity index (χ0n) is 18.2. The van der Waals surface area contributed by atoms with Crippen LogP contribution in [0.5, 0.6) is 11.6 Å². The van der Waals surface area contributed by atoms with Gasteiger partial charge in [0.05, 0.1) is 0 Å². The monoisotopic (exact) mass is 412 g/mol. The molecule has 1 aliphatic rings. The Morgan fingerprint density at radius 3 is 2.80 bits per heavy atom. The minimum atomic E-state index is 0.0563. The van der Waals surface area contributed by atoms with Crippen LogP contribution in [-0.2, 0) is 9.53 Å². The molecule has 0 unspecified atom stereocenters. The number of hydrogen-bond donors (Lipinski definition) is 1. The highest BCUT2D eigenvalue weighted by atomic mass is 16.5. The number of piperidine rings is 1. The van der Waals surface area contributed by atoms with Gasteiger partial charge in [-0.3, -0.25) is 4.79 Å². The first-order valence-corrected chi connectivity index (χ1v) is 10.7. The third kappa shape index (κ3) is 5.92. The molecule has 0 atom stereocenters. The van der Waals surface area contributed by atoms with Crippen molar-refractivity contribution in [3.63, 3.8) is 0 Å². The zero-order chi connectivity index (χ0) is 21.3. The Balaban J connectivity index is 1.51. The largest absolute Gasteiger partial charge is 0.439 e. The van der Waals surface area contributed by atoms with Crippen LogP contribution in [-0.4, -0.2) is 48.7 Å². The minimum Gasteiger partial charge on any atom is -0.439 e. The molecule has 0 saturated carbocycles. The summed E-state index contributed by atoms with van der Waals surface area (Å²) in [6.07, 6.45) is 4.01. The molecule has 0 bridgehead atoms. The van der Waals surface area contributed by atoms with Gasteiger partial charge in [0, 0.05) is 44.8 Å². The molecule has 2 aromatic rings. The van der Waals surface area contributed by atoms with Crippen molar-refractivity contribution in [3.05, 3.63) is 41.7 Å². The van der Waals surface area contributed by atoms with Crippen LogP contribution in [0.4, 0.5) is 5.82 Å². The van der Waals surface area contributed by atoms with E-state index in [1.54, 1.807) is 0 Å². The number of aromatic nitrogens is 2. The van der Waals surface area contributed by atoms with E-state index in [4.69, 9.17) is 9.47 Å². The quantitative estimate of drug-likeness (QED) is 0.634. The number of aryl methyl sites for hydroxylation is 1. The van der Waals surface area contributed by atoms with E-state index in [1.165, 1.54) is 11.9 Å². The normalized spacial score (nSPS) is 14.6. The highest BCUT2D eigenvalue weighted by Crippen LogP contribution is 2.28. The van der Waals surface area contributed by atoms with Crippen LogP contribution in [0, 0.1) is 19.8 Å². The molecular formula is C23H32N4O3. The predicted octanol–water partition coefficient (Wildman–Crippen LogP) is 3.64. The van der Waals surface area contributed by atoms with E-state index >= 15 is 0 Å². The lowest BCUT2D eigenvalue weighted by atomic mass is 9.96. The van der Waals surface area contributed by atoms with Gasteiger partial charge in [0.15, 0.2) is 0 Å². The summed E-state index contributed by atoms with van der Waals surface area (Å²) in [5.41, 5.74) is 2.28. The average molecular weight is 413 g/mol. The number of carbonyl (C=O) groups excluding carboxylic acids is 1. The van der Waals surface area contributed by atoms with Crippen LogP contribution < -0.4 is 15.0 Å². The molecule has 1 N–H and O–H groups in total. The van der Waals surface area contributed by atoms with Gasteiger partial charge in [-0.1, -0.05) is 12.1 Å². The van der Waals surface area contributed by atoms with Crippen molar-refractivity contribution in [2.45, 2.75) is 40.0 Å². The summed E-state index contributed by atoms with van der Waals surface area (Å²) in [5, 5.41) is 3.03. The highest BCUT2D eigenvalue weighted by molar-refractivity contribution is 5.78. The Bertz CT molecular complexity index is 835. The minimum absolute atomic E-state index is 0.0563. The van der Waals surface area contributed by atoms with E-state index < -0.39 is 0 Å². The molecule has 0 radical (unpaired) electrons. The molecule has 0 spiro atoms. The maximum Gasteiger partial charge on any atom is 0.224 e. The third-order valence-corrected chi connectivity index (χ3v) is 5.56. The first-order valence-electron chi connectivity index (χ1n) is 10.7. The summed E-state index contributed by atoms with van der Waals surface area (Å²) < 4.78 is 11.3. The van der Waals surface area contributed by atoms with Gasteiger partial charge in [-0.25, -0.2) is 9.97 Å². The fourth-order valence-electron chi connectivity index (χ4n) is 3.55. The molecule has 0 aliphatic carbocycles. The fraction of sp³-hybridized carbons (Fsp3) is 0.522. The molecule has 30 heavy (non-hydrogen) atoms. The second-order valence-corrected chi connectivity index (χ2v) is 7.62. The Labute approximate surface area is 178 Å². The van der Waals surface area contributed by atoms with Crippen molar-refractivity contribution in [1.29, 1.82) is 0 Å². The number of nitrogens with one attached hydrogen (secondary N) is 1. The van der Waals surface area contributed by atoms with Gasteiger partial charge in [0.25, 0.3) is 0 Å². The van der Waals surface area contributed by atoms with Crippen LogP contribution in [0.25, 0.3) is 0 Å². The predicted molar refractivity (Wildman–Crippen MR) is 117 cm³/mol. The number of anilines is 1. The van der Waals surface area contributed by atoms with Crippen LogP contribution in [0.1, 0.15) is 37.3 Å². The van der Waals surface area contributed by atoms with Crippen LogP contribution >= 0.6 is 0 Å². The highest BCUT2D eigenvalue weighted by Gasteiger charge is 2.25. The van der Waals surface area contributed by atoms with Gasteiger partial charge in [-0.05, 0) is 57.2 Å². The van der Waals surface area contributed by atoms with Crippen molar-refractivity contribution in [3.8, 4) is 11.6 Å².